The van der Waals surface area contributed by atoms with E-state index in [-0.39, 0.29) is 15.9 Å². The van der Waals surface area contributed by atoms with Crippen LogP contribution in [0.25, 0.3) is 0 Å². The number of nitrogens with zero attached hydrogens (tertiary/aromatic N) is 2. The molecule has 3 unspecified atom stereocenters. The second kappa shape index (κ2) is 9.77. The first-order valence-electron chi connectivity index (χ1n) is 9.48. The SMILES string of the molecule is Cc1cn(OP(=O)(OC[C@@H]2O[C@H](n3cc(C)c(=O)[nH]c3=O)C(O)C2O)OP(=O)(O)O)c(=O)[nH]c1=O. The quantitative estimate of drug-likeness (QED) is 0.182. The number of phosphoric acid groups is 2. The maximum atomic E-state index is 12.9. The molecule has 194 valence electrons. The number of ether oxygens (including phenoxy) is 1. The lowest BCUT2D eigenvalue weighted by Gasteiger charge is -2.21. The highest BCUT2D eigenvalue weighted by Gasteiger charge is 2.47. The zero-order chi connectivity index (χ0) is 26.3. The van der Waals surface area contributed by atoms with Crippen LogP contribution in [0, 0.1) is 13.8 Å². The van der Waals surface area contributed by atoms with Gasteiger partial charge in [-0.1, -0.05) is 0 Å². The third-order valence-corrected chi connectivity index (χ3v) is 7.13. The van der Waals surface area contributed by atoms with Crippen molar-refractivity contribution in [3.8, 4) is 0 Å². The van der Waals surface area contributed by atoms with E-state index in [9.17, 15) is 38.5 Å². The highest BCUT2D eigenvalue weighted by molar-refractivity contribution is 7.61. The molecular weight excluding hydrogens is 522 g/mol. The molecule has 5 atom stereocenters. The van der Waals surface area contributed by atoms with E-state index in [1.165, 1.54) is 13.8 Å². The maximum Gasteiger partial charge on any atom is 0.558 e. The van der Waals surface area contributed by atoms with Gasteiger partial charge in [0.1, 0.15) is 18.3 Å². The molecule has 35 heavy (non-hydrogen) atoms. The first kappa shape index (κ1) is 26.9. The van der Waals surface area contributed by atoms with Gasteiger partial charge in [-0.15, -0.1) is 4.73 Å². The largest absolute Gasteiger partial charge is 0.558 e. The summed E-state index contributed by atoms with van der Waals surface area (Å²) < 4.78 is 44.0. The second-order valence-electron chi connectivity index (χ2n) is 7.32. The van der Waals surface area contributed by atoms with E-state index in [1.54, 1.807) is 4.98 Å². The summed E-state index contributed by atoms with van der Waals surface area (Å²) in [6.45, 7) is 1.60. The maximum absolute atomic E-state index is 12.9. The van der Waals surface area contributed by atoms with Crippen molar-refractivity contribution in [1.82, 2.24) is 19.3 Å². The number of aromatic nitrogens is 4. The topological polar surface area (TPSA) is 262 Å². The van der Waals surface area contributed by atoms with Gasteiger partial charge in [-0.25, -0.2) is 18.7 Å². The molecule has 6 N–H and O–H groups in total. The smallest absolute Gasteiger partial charge is 0.387 e. The van der Waals surface area contributed by atoms with Gasteiger partial charge in [0.15, 0.2) is 6.23 Å². The summed E-state index contributed by atoms with van der Waals surface area (Å²) in [6.07, 6.45) is -4.87. The van der Waals surface area contributed by atoms with E-state index in [2.05, 4.69) is 8.94 Å². The van der Waals surface area contributed by atoms with Gasteiger partial charge in [-0.2, -0.15) is 4.31 Å². The average Bonchev–Trinajstić information content (AvgIpc) is 3.00. The molecule has 1 aliphatic rings. The molecule has 2 aromatic rings. The van der Waals surface area contributed by atoms with Crippen molar-refractivity contribution >= 4 is 15.6 Å². The van der Waals surface area contributed by atoms with E-state index in [0.717, 1.165) is 17.0 Å². The van der Waals surface area contributed by atoms with Gasteiger partial charge in [0.2, 0.25) is 0 Å². The normalized spacial score (nSPS) is 24.3. The van der Waals surface area contributed by atoms with Crippen molar-refractivity contribution in [2.45, 2.75) is 38.4 Å². The zero-order valence-electron chi connectivity index (χ0n) is 17.8. The minimum atomic E-state index is -5.56. The molecule has 0 aromatic carbocycles. The molecule has 1 aliphatic heterocycles. The summed E-state index contributed by atoms with van der Waals surface area (Å²) in [5, 5.41) is 20.6. The van der Waals surface area contributed by atoms with Crippen LogP contribution in [0.4, 0.5) is 0 Å². The minimum absolute atomic E-state index is 0.0733. The van der Waals surface area contributed by atoms with E-state index < -0.39 is 69.3 Å². The van der Waals surface area contributed by atoms with Gasteiger partial charge in [0.05, 0.1) is 12.8 Å². The lowest BCUT2D eigenvalue weighted by atomic mass is 10.1. The van der Waals surface area contributed by atoms with Gasteiger partial charge >= 0.3 is 27.0 Å². The number of hydrogen-bond acceptors (Lipinski definition) is 12. The van der Waals surface area contributed by atoms with Crippen molar-refractivity contribution in [1.29, 1.82) is 0 Å². The minimum Gasteiger partial charge on any atom is -0.387 e. The molecule has 0 radical (unpaired) electrons. The molecule has 18 nitrogen and oxygen atoms in total. The molecule has 0 amide bonds. The van der Waals surface area contributed by atoms with Crippen LogP contribution in [0.3, 0.4) is 0 Å². The van der Waals surface area contributed by atoms with Gasteiger partial charge in [-0.3, -0.25) is 28.6 Å². The standard InChI is InChI=1S/C15H20N4O14P2/c1-6-3-18(14(24)16-11(6)22)13-10(21)9(20)8(31-13)5-30-35(29,33-34(26,27)28)32-19-4-7(2)12(23)17-15(19)25/h3-4,8-10,13,20-21H,5H2,1-2H3,(H,16,22,24)(H,17,23,25)(H2,26,27,28)/t8-,9?,10?,13-,35?/m0/s1. The third-order valence-electron chi connectivity index (χ3n) is 4.64. The van der Waals surface area contributed by atoms with Gasteiger partial charge in [-0.05, 0) is 13.8 Å². The van der Waals surface area contributed by atoms with Crippen molar-refractivity contribution < 1.29 is 47.3 Å². The Hall–Kier alpha value is -2.66. The molecule has 2 aromatic heterocycles. The molecule has 1 saturated heterocycles. The Morgan fingerprint density at radius 3 is 2.14 bits per heavy atom. The van der Waals surface area contributed by atoms with Crippen LogP contribution in [0.5, 0.6) is 0 Å². The summed E-state index contributed by atoms with van der Waals surface area (Å²) in [5.41, 5.74) is -3.83. The van der Waals surface area contributed by atoms with E-state index in [0.29, 0.717) is 0 Å². The monoisotopic (exact) mass is 542 g/mol. The Morgan fingerprint density at radius 2 is 1.54 bits per heavy atom. The second-order valence-corrected chi connectivity index (χ2v) is 10.3. The lowest BCUT2D eigenvalue weighted by molar-refractivity contribution is -0.0554. The fourth-order valence-electron chi connectivity index (χ4n) is 2.94. The van der Waals surface area contributed by atoms with Crippen LogP contribution >= 0.6 is 15.6 Å². The summed E-state index contributed by atoms with van der Waals surface area (Å²) in [4.78, 5) is 68.9. The van der Waals surface area contributed by atoms with Crippen molar-refractivity contribution in [2.75, 3.05) is 6.61 Å². The highest BCUT2D eigenvalue weighted by Crippen LogP contribution is 2.59. The summed E-state index contributed by atoms with van der Waals surface area (Å²) >= 11 is 0. The Balaban J connectivity index is 1.85. The molecular formula is C15H20N4O14P2. The fraction of sp³-hybridized carbons (Fsp3) is 0.467. The number of hydrogen-bond donors (Lipinski definition) is 6. The molecule has 3 rings (SSSR count). The van der Waals surface area contributed by atoms with Crippen LogP contribution in [0.15, 0.2) is 31.6 Å². The predicted octanol–water partition coefficient (Wildman–Crippen LogP) is -3.01. The zero-order valence-corrected chi connectivity index (χ0v) is 19.6. The van der Waals surface area contributed by atoms with Crippen molar-refractivity contribution in [3.63, 3.8) is 0 Å². The number of rotatable bonds is 8. The number of aliphatic hydroxyl groups excluding tert-OH is 2. The molecule has 3 heterocycles. The average molecular weight is 542 g/mol. The number of aryl methyl sites for hydroxylation is 2. The first-order chi connectivity index (χ1) is 16.1. The molecule has 0 saturated carbocycles. The summed E-state index contributed by atoms with van der Waals surface area (Å²) in [7, 11) is -10.9. The molecule has 1 fully saturated rings. The molecule has 0 aliphatic carbocycles. The van der Waals surface area contributed by atoms with Crippen LogP contribution in [-0.2, 0) is 22.7 Å². The first-order valence-corrected chi connectivity index (χ1v) is 12.5. The third kappa shape index (κ3) is 6.13. The van der Waals surface area contributed by atoms with Crippen LogP contribution in [-0.4, -0.2) is 64.2 Å². The summed E-state index contributed by atoms with van der Waals surface area (Å²) in [5.74, 6) is 0. The van der Waals surface area contributed by atoms with Gasteiger partial charge < -0.3 is 29.4 Å². The van der Waals surface area contributed by atoms with Gasteiger partial charge in [0.25, 0.3) is 11.1 Å². The van der Waals surface area contributed by atoms with Crippen LogP contribution in [0.1, 0.15) is 17.4 Å². The number of aliphatic hydroxyl groups is 2. The van der Waals surface area contributed by atoms with E-state index in [4.69, 9.17) is 19.0 Å². The molecule has 0 bridgehead atoms. The van der Waals surface area contributed by atoms with E-state index in [1.807, 2.05) is 4.98 Å². The Morgan fingerprint density at radius 1 is 0.971 bits per heavy atom. The van der Waals surface area contributed by atoms with E-state index >= 15 is 0 Å². The van der Waals surface area contributed by atoms with Crippen molar-refractivity contribution in [3.05, 3.63) is 65.2 Å². The summed E-state index contributed by atoms with van der Waals surface area (Å²) in [6, 6.07) is 0. The molecule has 0 spiro atoms. The van der Waals surface area contributed by atoms with Crippen LogP contribution < -0.4 is 27.1 Å². The Bertz CT molecular complexity index is 1440. The fourth-order valence-corrected chi connectivity index (χ4v) is 5.00. The van der Waals surface area contributed by atoms with Gasteiger partial charge in [0, 0.05) is 17.3 Å². The van der Waals surface area contributed by atoms with Crippen LogP contribution in [0.2, 0.25) is 0 Å². The number of aromatic amines is 2. The predicted molar refractivity (Wildman–Crippen MR) is 111 cm³/mol. The van der Waals surface area contributed by atoms with Crippen molar-refractivity contribution in [2.24, 2.45) is 0 Å². The highest BCUT2D eigenvalue weighted by atomic mass is 31.3. The Kier molecular flexibility index (Phi) is 7.52. The Labute approximate surface area is 193 Å². The number of nitrogens with one attached hydrogen (secondary N) is 2. The molecule has 20 heteroatoms. The number of H-pyrrole nitrogens is 2. The lowest BCUT2D eigenvalue weighted by Crippen LogP contribution is -2.38.